The van der Waals surface area contributed by atoms with Gasteiger partial charge in [-0.25, -0.2) is 9.97 Å². The number of nitrogens with zero attached hydrogens (tertiary/aromatic N) is 3. The lowest BCUT2D eigenvalue weighted by molar-refractivity contribution is -0.383. The molecule has 0 fully saturated rings. The normalized spacial score (nSPS) is 10.2. The minimum Gasteiger partial charge on any atom is -0.495 e. The fourth-order valence-corrected chi connectivity index (χ4v) is 2.74. The van der Waals surface area contributed by atoms with Crippen molar-refractivity contribution in [2.75, 3.05) is 17.9 Å². The van der Waals surface area contributed by atoms with Crippen molar-refractivity contribution in [1.29, 1.82) is 0 Å². The number of aryl methyl sites for hydroxylation is 1. The number of methoxy groups -OCH3 is 1. The van der Waals surface area contributed by atoms with Crippen molar-refractivity contribution in [3.8, 4) is 5.75 Å². The topological polar surface area (TPSA) is 131 Å². The minimum absolute atomic E-state index is 0.0429. The maximum Gasteiger partial charge on any atom is 0.355 e. The molecule has 10 heteroatoms. The van der Waals surface area contributed by atoms with Crippen LogP contribution in [0, 0.1) is 17.0 Å². The molecule has 0 spiro atoms. The van der Waals surface area contributed by atoms with Gasteiger partial charge in [-0.1, -0.05) is 36.4 Å². The molecular weight excluding hydrogens is 388 g/mol. The third-order valence-corrected chi connectivity index (χ3v) is 4.14. The quantitative estimate of drug-likeness (QED) is 0.383. The Hall–Kier alpha value is -4.21. The molecule has 0 aliphatic rings. The minimum atomic E-state index is -0.629. The van der Waals surface area contributed by atoms with E-state index in [2.05, 4.69) is 26.1 Å². The Balaban J connectivity index is 1.80. The first-order valence-electron chi connectivity index (χ1n) is 8.97. The standard InChI is InChI=1S/C20H20N6O4/c1-13-8-9-16(30-2)15(10-13)23-19-18(26(28)29)20(22-12-21-19)25-24-17(27)11-14-6-4-3-5-7-14/h3-10,12H,11H2,1-2H3,(H,24,27)(H2,21,22,23,25). The Morgan fingerprint density at radius 3 is 2.57 bits per heavy atom. The monoisotopic (exact) mass is 408 g/mol. The second-order valence-corrected chi connectivity index (χ2v) is 6.34. The number of anilines is 3. The predicted molar refractivity (Wildman–Crippen MR) is 112 cm³/mol. The van der Waals surface area contributed by atoms with Gasteiger partial charge in [0.25, 0.3) is 0 Å². The Bertz CT molecular complexity index is 1060. The number of benzene rings is 2. The summed E-state index contributed by atoms with van der Waals surface area (Å²) in [6.45, 7) is 1.88. The molecule has 0 bridgehead atoms. The molecule has 0 radical (unpaired) electrons. The molecule has 3 aromatic rings. The molecule has 1 aromatic heterocycles. The fourth-order valence-electron chi connectivity index (χ4n) is 2.74. The van der Waals surface area contributed by atoms with Gasteiger partial charge < -0.3 is 10.1 Å². The summed E-state index contributed by atoms with van der Waals surface area (Å²) in [5.74, 6) is -0.0626. The van der Waals surface area contributed by atoms with Crippen molar-refractivity contribution in [3.05, 3.63) is 76.1 Å². The maximum absolute atomic E-state index is 12.1. The van der Waals surface area contributed by atoms with Crippen LogP contribution in [0.25, 0.3) is 0 Å². The summed E-state index contributed by atoms with van der Waals surface area (Å²) in [5.41, 5.74) is 6.78. The number of hydrogen-bond acceptors (Lipinski definition) is 8. The van der Waals surface area contributed by atoms with Gasteiger partial charge in [-0.15, -0.1) is 0 Å². The van der Waals surface area contributed by atoms with E-state index < -0.39 is 10.6 Å². The molecule has 1 amide bonds. The number of aromatic nitrogens is 2. The summed E-state index contributed by atoms with van der Waals surface area (Å²) in [5, 5.41) is 14.6. The van der Waals surface area contributed by atoms with E-state index >= 15 is 0 Å². The highest BCUT2D eigenvalue weighted by Crippen LogP contribution is 2.34. The van der Waals surface area contributed by atoms with Crippen LogP contribution in [-0.2, 0) is 11.2 Å². The van der Waals surface area contributed by atoms with Gasteiger partial charge in [-0.3, -0.25) is 25.8 Å². The van der Waals surface area contributed by atoms with Crippen LogP contribution >= 0.6 is 0 Å². The summed E-state index contributed by atoms with van der Waals surface area (Å²) in [6, 6.07) is 14.5. The van der Waals surface area contributed by atoms with Crippen LogP contribution in [0.15, 0.2) is 54.9 Å². The zero-order chi connectivity index (χ0) is 21.5. The number of amides is 1. The summed E-state index contributed by atoms with van der Waals surface area (Å²) in [4.78, 5) is 31.1. The molecule has 3 rings (SSSR count). The van der Waals surface area contributed by atoms with Gasteiger partial charge in [0.05, 0.1) is 24.1 Å². The van der Waals surface area contributed by atoms with E-state index in [9.17, 15) is 14.9 Å². The van der Waals surface area contributed by atoms with Crippen molar-refractivity contribution in [2.45, 2.75) is 13.3 Å². The number of rotatable bonds is 8. The van der Waals surface area contributed by atoms with Crippen molar-refractivity contribution >= 4 is 28.9 Å². The molecule has 0 saturated heterocycles. The first-order valence-corrected chi connectivity index (χ1v) is 8.97. The number of nitro groups is 1. The average molecular weight is 408 g/mol. The van der Waals surface area contributed by atoms with E-state index in [0.717, 1.165) is 17.5 Å². The Morgan fingerprint density at radius 1 is 1.13 bits per heavy atom. The molecule has 0 aliphatic carbocycles. The number of ether oxygens (including phenoxy) is 1. The molecule has 10 nitrogen and oxygen atoms in total. The summed E-state index contributed by atoms with van der Waals surface area (Å²) < 4.78 is 5.29. The Labute approximate surface area is 172 Å². The smallest absolute Gasteiger partial charge is 0.355 e. The van der Waals surface area contributed by atoms with Crippen LogP contribution in [0.2, 0.25) is 0 Å². The van der Waals surface area contributed by atoms with Crippen LogP contribution in [0.1, 0.15) is 11.1 Å². The van der Waals surface area contributed by atoms with Crippen molar-refractivity contribution < 1.29 is 14.5 Å². The van der Waals surface area contributed by atoms with Gasteiger partial charge in [-0.05, 0) is 30.2 Å². The van der Waals surface area contributed by atoms with Crippen molar-refractivity contribution in [3.63, 3.8) is 0 Å². The van der Waals surface area contributed by atoms with E-state index in [1.54, 1.807) is 12.1 Å². The molecule has 30 heavy (non-hydrogen) atoms. The summed E-state index contributed by atoms with van der Waals surface area (Å²) in [7, 11) is 1.50. The van der Waals surface area contributed by atoms with E-state index in [0.29, 0.717) is 11.4 Å². The largest absolute Gasteiger partial charge is 0.495 e. The average Bonchev–Trinajstić information content (AvgIpc) is 2.73. The molecule has 0 saturated carbocycles. The number of carbonyl (C=O) groups is 1. The van der Waals surface area contributed by atoms with Crippen LogP contribution < -0.4 is 20.9 Å². The van der Waals surface area contributed by atoms with Gasteiger partial charge in [0.2, 0.25) is 17.5 Å². The lowest BCUT2D eigenvalue weighted by Gasteiger charge is -2.13. The van der Waals surface area contributed by atoms with Crippen LogP contribution in [-0.4, -0.2) is 27.9 Å². The van der Waals surface area contributed by atoms with Crippen LogP contribution in [0.5, 0.6) is 5.75 Å². The lowest BCUT2D eigenvalue weighted by atomic mass is 10.1. The third-order valence-electron chi connectivity index (χ3n) is 4.14. The number of hydrogen-bond donors (Lipinski definition) is 3. The van der Waals surface area contributed by atoms with E-state index in [1.807, 2.05) is 43.3 Å². The number of nitrogens with one attached hydrogen (secondary N) is 3. The van der Waals surface area contributed by atoms with Gasteiger partial charge in [-0.2, -0.15) is 0 Å². The molecule has 3 N–H and O–H groups in total. The van der Waals surface area contributed by atoms with Crippen LogP contribution in [0.4, 0.5) is 23.0 Å². The van der Waals surface area contributed by atoms with Gasteiger partial charge in [0.1, 0.15) is 12.1 Å². The first kappa shape index (κ1) is 20.5. The fraction of sp³-hybridized carbons (Fsp3) is 0.150. The van der Waals surface area contributed by atoms with Crippen LogP contribution in [0.3, 0.4) is 0 Å². The van der Waals surface area contributed by atoms with Gasteiger partial charge in [0, 0.05) is 0 Å². The highest BCUT2D eigenvalue weighted by atomic mass is 16.6. The van der Waals surface area contributed by atoms with Crippen molar-refractivity contribution in [1.82, 2.24) is 15.4 Å². The molecule has 0 atom stereocenters. The zero-order valence-electron chi connectivity index (χ0n) is 16.4. The number of hydrazine groups is 1. The van der Waals surface area contributed by atoms with Crippen molar-refractivity contribution in [2.24, 2.45) is 0 Å². The first-order chi connectivity index (χ1) is 14.5. The highest BCUT2D eigenvalue weighted by molar-refractivity contribution is 5.81. The van der Waals surface area contributed by atoms with Gasteiger partial charge >= 0.3 is 5.69 Å². The summed E-state index contributed by atoms with van der Waals surface area (Å²) >= 11 is 0. The molecule has 0 unspecified atom stereocenters. The lowest BCUT2D eigenvalue weighted by Crippen LogP contribution is -2.31. The molecule has 1 heterocycles. The molecule has 0 aliphatic heterocycles. The third kappa shape index (κ3) is 4.98. The highest BCUT2D eigenvalue weighted by Gasteiger charge is 2.24. The van der Waals surface area contributed by atoms with E-state index in [1.165, 1.54) is 7.11 Å². The van der Waals surface area contributed by atoms with E-state index in [4.69, 9.17) is 4.74 Å². The molecular formula is C20H20N6O4. The maximum atomic E-state index is 12.1. The predicted octanol–water partition coefficient (Wildman–Crippen LogP) is 3.13. The van der Waals surface area contributed by atoms with Gasteiger partial charge in [0.15, 0.2) is 0 Å². The Morgan fingerprint density at radius 2 is 1.87 bits per heavy atom. The molecule has 154 valence electrons. The summed E-state index contributed by atoms with van der Waals surface area (Å²) in [6.07, 6.45) is 1.27. The Kier molecular flexibility index (Phi) is 6.38. The molecule has 2 aromatic carbocycles. The van der Waals surface area contributed by atoms with E-state index in [-0.39, 0.29) is 24.0 Å². The second-order valence-electron chi connectivity index (χ2n) is 6.34. The second kappa shape index (κ2) is 9.32. The zero-order valence-corrected chi connectivity index (χ0v) is 16.4. The SMILES string of the molecule is COc1ccc(C)cc1Nc1ncnc(NNC(=O)Cc2ccccc2)c1[N+](=O)[O-]. The number of carbonyl (C=O) groups excluding carboxylic acids is 1.